The molecular weight excluding hydrogens is 518 g/mol. The highest BCUT2D eigenvalue weighted by atomic mass is 32.2. The van der Waals surface area contributed by atoms with Crippen LogP contribution in [0.4, 0.5) is 0 Å². The smallest absolute Gasteiger partial charge is 0.247 e. The number of nitrogens with one attached hydrogen (secondary N) is 3. The Labute approximate surface area is 230 Å². The quantitative estimate of drug-likeness (QED) is 0.446. The minimum atomic E-state index is -3.60. The van der Waals surface area contributed by atoms with E-state index >= 15 is 0 Å². The number of hydrogen-bond donors (Lipinski definition) is 3. The van der Waals surface area contributed by atoms with Gasteiger partial charge in [0.05, 0.1) is 18.3 Å². The number of fused-ring (bicyclic) bond motifs is 1. The lowest BCUT2D eigenvalue weighted by molar-refractivity contribution is -0.144. The molecule has 3 N–H and O–H groups in total. The highest BCUT2D eigenvalue weighted by Gasteiger charge is 2.46. The summed E-state index contributed by atoms with van der Waals surface area (Å²) < 4.78 is 26.1. The van der Waals surface area contributed by atoms with Crippen LogP contribution in [0.5, 0.6) is 0 Å². The van der Waals surface area contributed by atoms with Gasteiger partial charge in [-0.05, 0) is 44.4 Å². The first kappa shape index (κ1) is 28.7. The van der Waals surface area contributed by atoms with Crippen molar-refractivity contribution in [1.82, 2.24) is 25.2 Å². The van der Waals surface area contributed by atoms with Crippen LogP contribution in [0.3, 0.4) is 0 Å². The molecule has 11 heteroatoms. The second-order valence-electron chi connectivity index (χ2n) is 10.2. The first-order chi connectivity index (χ1) is 18.6. The Bertz CT molecular complexity index is 1230. The number of nitrogens with zero attached hydrogens (tertiary/aromatic N) is 2. The molecule has 2 aliphatic heterocycles. The van der Waals surface area contributed by atoms with Crippen LogP contribution in [0.2, 0.25) is 0 Å². The molecule has 39 heavy (non-hydrogen) atoms. The van der Waals surface area contributed by atoms with Crippen LogP contribution < -0.4 is 16.0 Å². The third-order valence-corrected chi connectivity index (χ3v) is 8.89. The Kier molecular flexibility index (Phi) is 9.04. The van der Waals surface area contributed by atoms with Gasteiger partial charge in [0.2, 0.25) is 27.7 Å². The lowest BCUT2D eigenvalue weighted by Crippen LogP contribution is -2.62. The zero-order chi connectivity index (χ0) is 28.2. The van der Waals surface area contributed by atoms with E-state index in [2.05, 4.69) is 16.0 Å². The second kappa shape index (κ2) is 12.3. The lowest BCUT2D eigenvalue weighted by Gasteiger charge is -2.38. The summed E-state index contributed by atoms with van der Waals surface area (Å²) in [5.41, 5.74) is 1.83. The van der Waals surface area contributed by atoms with Crippen molar-refractivity contribution < 1.29 is 22.8 Å². The topological polar surface area (TPSA) is 128 Å². The molecule has 4 atom stereocenters. The van der Waals surface area contributed by atoms with E-state index in [4.69, 9.17) is 0 Å². The lowest BCUT2D eigenvalue weighted by atomic mass is 9.98. The minimum absolute atomic E-state index is 0.186. The summed E-state index contributed by atoms with van der Waals surface area (Å²) in [5, 5.41) is 8.72. The van der Waals surface area contributed by atoms with Crippen molar-refractivity contribution in [3.05, 3.63) is 71.8 Å². The van der Waals surface area contributed by atoms with E-state index in [0.29, 0.717) is 19.3 Å². The summed E-state index contributed by atoms with van der Waals surface area (Å²) in [5.74, 6) is -1.15. The predicted molar refractivity (Wildman–Crippen MR) is 148 cm³/mol. The third-order valence-electron chi connectivity index (χ3n) is 7.62. The van der Waals surface area contributed by atoms with Crippen LogP contribution in [-0.4, -0.2) is 85.9 Å². The van der Waals surface area contributed by atoms with Gasteiger partial charge in [-0.15, -0.1) is 0 Å². The molecule has 0 spiro atoms. The molecule has 2 aliphatic rings. The van der Waals surface area contributed by atoms with Crippen molar-refractivity contribution in [2.24, 2.45) is 0 Å². The first-order valence-electron chi connectivity index (χ1n) is 13.3. The normalized spacial score (nSPS) is 23.0. The van der Waals surface area contributed by atoms with E-state index in [-0.39, 0.29) is 25.0 Å². The van der Waals surface area contributed by atoms with Gasteiger partial charge in [-0.1, -0.05) is 60.7 Å². The van der Waals surface area contributed by atoms with Gasteiger partial charge in [-0.25, -0.2) is 8.42 Å². The summed E-state index contributed by atoms with van der Waals surface area (Å²) in [6.07, 6.45) is 2.53. The van der Waals surface area contributed by atoms with Gasteiger partial charge in [-0.2, -0.15) is 4.31 Å². The molecule has 0 saturated carbocycles. The largest absolute Gasteiger partial charge is 0.343 e. The summed E-state index contributed by atoms with van der Waals surface area (Å²) >= 11 is 0. The fourth-order valence-corrected chi connectivity index (χ4v) is 6.19. The van der Waals surface area contributed by atoms with Gasteiger partial charge >= 0.3 is 0 Å². The van der Waals surface area contributed by atoms with Crippen molar-refractivity contribution in [2.75, 3.05) is 26.4 Å². The number of hydrogen-bond acceptors (Lipinski definition) is 6. The number of carbonyl (C=O) groups is 3. The maximum atomic E-state index is 13.9. The van der Waals surface area contributed by atoms with Gasteiger partial charge < -0.3 is 20.9 Å². The van der Waals surface area contributed by atoms with Gasteiger partial charge in [0.1, 0.15) is 12.1 Å². The number of likely N-dealkylation sites (N-methyl/N-ethyl adjacent to an activating group) is 1. The van der Waals surface area contributed by atoms with E-state index < -0.39 is 46.0 Å². The zero-order valence-corrected chi connectivity index (χ0v) is 23.4. The fraction of sp³-hybridized carbons (Fsp3) is 0.464. The second-order valence-corrected chi connectivity index (χ2v) is 12.2. The standard InChI is InChI=1S/C28H37N5O5S/c1-19(29-2)26(34)30-23-18-32(39(3,37)38)17-16-22-14-15-24(33(22)28(23)36)27(35)31-25(20-10-6-4-7-11-20)21-12-8-5-9-13-21/h4-13,19,22-25,29H,14-18H2,1-3H3,(H,30,34)(H,31,35)/t19-,22+,23-,24?/m0/s1. The zero-order valence-electron chi connectivity index (χ0n) is 22.5. The maximum absolute atomic E-state index is 13.9. The van der Waals surface area contributed by atoms with Crippen molar-refractivity contribution in [1.29, 1.82) is 0 Å². The molecule has 0 bridgehead atoms. The Balaban J connectivity index is 1.61. The average Bonchev–Trinajstić information content (AvgIpc) is 3.35. The molecule has 0 radical (unpaired) electrons. The Hall–Kier alpha value is -3.28. The van der Waals surface area contributed by atoms with E-state index in [0.717, 1.165) is 17.4 Å². The molecule has 1 unspecified atom stereocenters. The molecule has 3 amide bonds. The van der Waals surface area contributed by atoms with Crippen molar-refractivity contribution in [3.8, 4) is 0 Å². The number of sulfonamides is 1. The van der Waals surface area contributed by atoms with Crippen LogP contribution >= 0.6 is 0 Å². The van der Waals surface area contributed by atoms with E-state index in [9.17, 15) is 22.8 Å². The number of carbonyl (C=O) groups excluding carboxylic acids is 3. The van der Waals surface area contributed by atoms with Crippen LogP contribution in [0.1, 0.15) is 43.4 Å². The highest BCUT2D eigenvalue weighted by molar-refractivity contribution is 7.88. The average molecular weight is 556 g/mol. The van der Waals surface area contributed by atoms with E-state index in [1.807, 2.05) is 60.7 Å². The third kappa shape index (κ3) is 6.66. The SMILES string of the molecule is CN[C@@H](C)C(=O)N[C@H]1CN(S(C)(=O)=O)CC[C@H]2CCC(C(=O)NC(c3ccccc3)c3ccccc3)N2C1=O. The van der Waals surface area contributed by atoms with Crippen molar-refractivity contribution in [3.63, 3.8) is 0 Å². The van der Waals surface area contributed by atoms with Crippen LogP contribution in [-0.2, 0) is 24.4 Å². The molecular formula is C28H37N5O5S. The predicted octanol–water partition coefficient (Wildman–Crippen LogP) is 1.01. The Morgan fingerprint density at radius 3 is 2.08 bits per heavy atom. The van der Waals surface area contributed by atoms with E-state index in [1.54, 1.807) is 18.9 Å². The molecule has 2 saturated heterocycles. The van der Waals surface area contributed by atoms with Crippen LogP contribution in [0, 0.1) is 0 Å². The summed E-state index contributed by atoms with van der Waals surface area (Å²) in [6, 6.07) is 16.1. The fourth-order valence-electron chi connectivity index (χ4n) is 5.33. The summed E-state index contributed by atoms with van der Waals surface area (Å²) in [6.45, 7) is 1.67. The molecule has 0 aliphatic carbocycles. The number of amides is 3. The molecule has 210 valence electrons. The first-order valence-corrected chi connectivity index (χ1v) is 15.1. The maximum Gasteiger partial charge on any atom is 0.247 e. The Morgan fingerprint density at radius 1 is 0.949 bits per heavy atom. The van der Waals surface area contributed by atoms with Crippen molar-refractivity contribution in [2.45, 2.75) is 56.4 Å². The van der Waals surface area contributed by atoms with Gasteiger partial charge in [-0.3, -0.25) is 14.4 Å². The van der Waals surface area contributed by atoms with Gasteiger partial charge in [0.25, 0.3) is 0 Å². The Morgan fingerprint density at radius 2 is 1.54 bits per heavy atom. The molecule has 0 aromatic heterocycles. The van der Waals surface area contributed by atoms with Gasteiger partial charge in [0.15, 0.2) is 0 Å². The highest BCUT2D eigenvalue weighted by Crippen LogP contribution is 2.31. The molecule has 2 aromatic carbocycles. The molecule has 2 aromatic rings. The monoisotopic (exact) mass is 555 g/mol. The number of rotatable bonds is 8. The summed E-state index contributed by atoms with van der Waals surface area (Å²) in [4.78, 5) is 42.0. The van der Waals surface area contributed by atoms with Crippen molar-refractivity contribution >= 4 is 27.7 Å². The molecule has 2 heterocycles. The molecule has 4 rings (SSSR count). The van der Waals surface area contributed by atoms with E-state index in [1.165, 1.54) is 4.31 Å². The molecule has 10 nitrogen and oxygen atoms in total. The van der Waals surface area contributed by atoms with Crippen LogP contribution in [0.25, 0.3) is 0 Å². The summed E-state index contributed by atoms with van der Waals surface area (Å²) in [7, 11) is -1.98. The molecule has 2 fully saturated rings. The number of benzene rings is 2. The van der Waals surface area contributed by atoms with Gasteiger partial charge in [0, 0.05) is 19.1 Å². The minimum Gasteiger partial charge on any atom is -0.343 e. The van der Waals surface area contributed by atoms with Crippen LogP contribution in [0.15, 0.2) is 60.7 Å².